The fourth-order valence-electron chi connectivity index (χ4n) is 2.13. The molecule has 90 valence electrons. The first-order valence-electron chi connectivity index (χ1n) is 5.39. The van der Waals surface area contributed by atoms with Gasteiger partial charge in [-0.05, 0) is 6.08 Å². The van der Waals surface area contributed by atoms with Crippen LogP contribution in [0.1, 0.15) is 12.8 Å². The summed E-state index contributed by atoms with van der Waals surface area (Å²) >= 11 is 0. The number of piperidine rings is 1. The van der Waals surface area contributed by atoms with Gasteiger partial charge in [-0.2, -0.15) is 0 Å². The van der Waals surface area contributed by atoms with Gasteiger partial charge in [-0.25, -0.2) is 13.2 Å². The Balaban J connectivity index is 1.98. The standard InChI is InChI=1S/C11H15F3N2/c12-8-2-1-3-9(6-8)16-5-4-11(13,14)10(15)7-16/h1-3,9-10H,4-7,15H2. The summed E-state index contributed by atoms with van der Waals surface area (Å²) in [6.45, 7) is 0.387. The van der Waals surface area contributed by atoms with Gasteiger partial charge in [0.05, 0.1) is 6.04 Å². The van der Waals surface area contributed by atoms with Gasteiger partial charge in [-0.15, -0.1) is 0 Å². The quantitative estimate of drug-likeness (QED) is 0.747. The Morgan fingerprint density at radius 2 is 2.19 bits per heavy atom. The van der Waals surface area contributed by atoms with Gasteiger partial charge in [0.2, 0.25) is 0 Å². The van der Waals surface area contributed by atoms with Gasteiger partial charge < -0.3 is 5.73 Å². The second-order valence-electron chi connectivity index (χ2n) is 4.38. The molecular weight excluding hydrogens is 217 g/mol. The van der Waals surface area contributed by atoms with Gasteiger partial charge in [0.1, 0.15) is 5.83 Å². The molecule has 0 spiro atoms. The molecule has 0 saturated carbocycles. The lowest BCUT2D eigenvalue weighted by molar-refractivity contribution is -0.0769. The maximum Gasteiger partial charge on any atom is 0.265 e. The molecule has 2 rings (SSSR count). The summed E-state index contributed by atoms with van der Waals surface area (Å²) in [6.07, 6.45) is 4.87. The van der Waals surface area contributed by atoms with E-state index in [1.165, 1.54) is 6.08 Å². The van der Waals surface area contributed by atoms with Gasteiger partial charge in [-0.1, -0.05) is 12.2 Å². The van der Waals surface area contributed by atoms with Crippen molar-refractivity contribution in [2.75, 3.05) is 13.1 Å². The van der Waals surface area contributed by atoms with Gasteiger partial charge >= 0.3 is 0 Å². The van der Waals surface area contributed by atoms with Crippen LogP contribution in [0.15, 0.2) is 24.1 Å². The summed E-state index contributed by atoms with van der Waals surface area (Å²) in [5.74, 6) is -3.00. The third-order valence-corrected chi connectivity index (χ3v) is 3.19. The van der Waals surface area contributed by atoms with Crippen molar-refractivity contribution >= 4 is 0 Å². The van der Waals surface area contributed by atoms with Gasteiger partial charge in [0.15, 0.2) is 0 Å². The highest BCUT2D eigenvalue weighted by Gasteiger charge is 2.43. The Morgan fingerprint density at radius 1 is 1.44 bits per heavy atom. The summed E-state index contributed by atoms with van der Waals surface area (Å²) < 4.78 is 39.4. The van der Waals surface area contributed by atoms with Crippen LogP contribution in [-0.2, 0) is 0 Å². The zero-order valence-corrected chi connectivity index (χ0v) is 8.87. The molecule has 1 fully saturated rings. The summed E-state index contributed by atoms with van der Waals surface area (Å²) in [4.78, 5) is 1.82. The van der Waals surface area contributed by atoms with Crippen LogP contribution in [0.25, 0.3) is 0 Å². The van der Waals surface area contributed by atoms with Crippen molar-refractivity contribution in [3.05, 3.63) is 24.1 Å². The SMILES string of the molecule is NC1CN(C2C=CC=C(F)C2)CCC1(F)F. The molecule has 0 aromatic rings. The highest BCUT2D eigenvalue weighted by molar-refractivity contribution is 5.18. The smallest absolute Gasteiger partial charge is 0.265 e. The van der Waals surface area contributed by atoms with Crippen LogP contribution in [0.4, 0.5) is 13.2 Å². The van der Waals surface area contributed by atoms with Crippen molar-refractivity contribution in [1.29, 1.82) is 0 Å². The van der Waals surface area contributed by atoms with Crippen molar-refractivity contribution in [2.24, 2.45) is 5.73 Å². The fraction of sp³-hybridized carbons (Fsp3) is 0.636. The first-order chi connectivity index (χ1) is 7.49. The maximum atomic E-state index is 13.2. The predicted molar refractivity (Wildman–Crippen MR) is 55.8 cm³/mol. The Kier molecular flexibility index (Phi) is 3.08. The molecule has 2 nitrogen and oxygen atoms in total. The molecule has 1 aliphatic heterocycles. The van der Waals surface area contributed by atoms with E-state index < -0.39 is 12.0 Å². The zero-order valence-electron chi connectivity index (χ0n) is 8.87. The van der Waals surface area contributed by atoms with E-state index in [4.69, 9.17) is 5.73 Å². The Labute approximate surface area is 92.6 Å². The Hall–Kier alpha value is -0.810. The Morgan fingerprint density at radius 3 is 2.81 bits per heavy atom. The molecule has 0 aromatic carbocycles. The topological polar surface area (TPSA) is 29.3 Å². The van der Waals surface area contributed by atoms with Crippen molar-refractivity contribution in [1.82, 2.24) is 4.90 Å². The fourth-order valence-corrected chi connectivity index (χ4v) is 2.13. The second kappa shape index (κ2) is 4.22. The molecule has 5 heteroatoms. The molecule has 16 heavy (non-hydrogen) atoms. The van der Waals surface area contributed by atoms with Crippen LogP contribution >= 0.6 is 0 Å². The minimum Gasteiger partial charge on any atom is -0.322 e. The molecule has 1 aliphatic carbocycles. The number of nitrogens with zero attached hydrogens (tertiary/aromatic N) is 1. The third-order valence-electron chi connectivity index (χ3n) is 3.19. The monoisotopic (exact) mass is 232 g/mol. The number of nitrogens with two attached hydrogens (primary N) is 1. The molecule has 1 saturated heterocycles. The molecule has 2 N–H and O–H groups in total. The molecule has 2 unspecified atom stereocenters. The third kappa shape index (κ3) is 2.30. The van der Waals surface area contributed by atoms with E-state index in [9.17, 15) is 13.2 Å². The molecule has 0 bridgehead atoms. The van der Waals surface area contributed by atoms with E-state index in [0.717, 1.165) is 0 Å². The molecular formula is C11H15F3N2. The van der Waals surface area contributed by atoms with Crippen LogP contribution in [0.5, 0.6) is 0 Å². The van der Waals surface area contributed by atoms with E-state index >= 15 is 0 Å². The lowest BCUT2D eigenvalue weighted by atomic mass is 9.97. The molecule has 0 aromatic heterocycles. The average molecular weight is 232 g/mol. The van der Waals surface area contributed by atoms with Crippen LogP contribution in [0, 0.1) is 0 Å². The summed E-state index contributed by atoms with van der Waals surface area (Å²) in [5, 5.41) is 0. The number of hydrogen-bond donors (Lipinski definition) is 1. The van der Waals surface area contributed by atoms with Gasteiger partial charge in [-0.3, -0.25) is 4.90 Å². The first kappa shape index (κ1) is 11.7. The largest absolute Gasteiger partial charge is 0.322 e. The number of alkyl halides is 2. The number of hydrogen-bond acceptors (Lipinski definition) is 2. The average Bonchev–Trinajstić information content (AvgIpc) is 2.22. The number of allylic oxidation sites excluding steroid dienone is 2. The van der Waals surface area contributed by atoms with Crippen molar-refractivity contribution in [3.63, 3.8) is 0 Å². The molecule has 2 aliphatic rings. The lowest BCUT2D eigenvalue weighted by Gasteiger charge is -2.40. The molecule has 1 heterocycles. The number of likely N-dealkylation sites (tertiary alicyclic amines) is 1. The van der Waals surface area contributed by atoms with Gasteiger partial charge in [0, 0.05) is 32.0 Å². The van der Waals surface area contributed by atoms with Crippen molar-refractivity contribution in [2.45, 2.75) is 30.8 Å². The van der Waals surface area contributed by atoms with E-state index in [1.807, 2.05) is 11.0 Å². The summed E-state index contributed by atoms with van der Waals surface area (Å²) in [7, 11) is 0. The minimum atomic E-state index is -2.79. The van der Waals surface area contributed by atoms with Crippen LogP contribution in [0.2, 0.25) is 0 Å². The molecule has 0 amide bonds. The van der Waals surface area contributed by atoms with E-state index in [-0.39, 0.29) is 37.8 Å². The minimum absolute atomic E-state index is 0.120. The summed E-state index contributed by atoms with van der Waals surface area (Å²) in [5.41, 5.74) is 5.42. The lowest BCUT2D eigenvalue weighted by Crippen LogP contribution is -2.57. The van der Waals surface area contributed by atoms with E-state index in [2.05, 4.69) is 0 Å². The number of rotatable bonds is 1. The second-order valence-corrected chi connectivity index (χ2v) is 4.38. The maximum absolute atomic E-state index is 13.2. The normalized spacial score (nSPS) is 34.9. The van der Waals surface area contributed by atoms with Crippen molar-refractivity contribution in [3.8, 4) is 0 Å². The molecule has 0 radical (unpaired) electrons. The van der Waals surface area contributed by atoms with Crippen LogP contribution < -0.4 is 5.73 Å². The van der Waals surface area contributed by atoms with E-state index in [1.54, 1.807) is 6.08 Å². The van der Waals surface area contributed by atoms with E-state index in [0.29, 0.717) is 0 Å². The van der Waals surface area contributed by atoms with Crippen LogP contribution in [0.3, 0.4) is 0 Å². The van der Waals surface area contributed by atoms with Crippen molar-refractivity contribution < 1.29 is 13.2 Å². The number of halogens is 3. The zero-order chi connectivity index (χ0) is 11.8. The summed E-state index contributed by atoms with van der Waals surface area (Å²) in [6, 6.07) is -1.28. The molecule has 2 atom stereocenters. The predicted octanol–water partition coefficient (Wildman–Crippen LogP) is 1.84. The highest BCUT2D eigenvalue weighted by Crippen LogP contribution is 2.30. The Bertz CT molecular complexity index is 325. The van der Waals surface area contributed by atoms with Crippen LogP contribution in [-0.4, -0.2) is 36.0 Å². The first-order valence-corrected chi connectivity index (χ1v) is 5.39. The highest BCUT2D eigenvalue weighted by atomic mass is 19.3. The van der Waals surface area contributed by atoms with Gasteiger partial charge in [0.25, 0.3) is 5.92 Å².